The van der Waals surface area contributed by atoms with E-state index in [0.29, 0.717) is 12.8 Å². The second kappa shape index (κ2) is 9.20. The smallest absolute Gasteiger partial charge is 0.341 e. The first kappa shape index (κ1) is 20.5. The molecule has 8 nitrogen and oxygen atoms in total. The molecule has 1 aliphatic heterocycles. The maximum absolute atomic E-state index is 12.5. The summed E-state index contributed by atoms with van der Waals surface area (Å²) in [4.78, 5) is 24.8. The Hall–Kier alpha value is -1.84. The fourth-order valence-electron chi connectivity index (χ4n) is 2.71. The Bertz CT molecular complexity index is 629. The third-order valence-corrected chi connectivity index (χ3v) is 4.28. The number of aliphatic hydroxyl groups is 4. The van der Waals surface area contributed by atoms with Crippen LogP contribution in [0.3, 0.4) is 0 Å². The molecule has 1 heterocycles. The lowest BCUT2D eigenvalue weighted by Crippen LogP contribution is -2.59. The molecule has 0 unspecified atom stereocenters. The second-order valence-electron chi connectivity index (χ2n) is 6.17. The zero-order valence-corrected chi connectivity index (χ0v) is 14.4. The first-order valence-electron chi connectivity index (χ1n) is 8.54. The minimum atomic E-state index is -1.69. The average molecular weight is 368 g/mol. The number of carbonyl (C=O) groups is 2. The third kappa shape index (κ3) is 4.46. The highest BCUT2D eigenvalue weighted by Gasteiger charge is 2.45. The van der Waals surface area contributed by atoms with E-state index in [4.69, 9.17) is 9.47 Å². The summed E-state index contributed by atoms with van der Waals surface area (Å²) in [6, 6.07) is 6.14. The van der Waals surface area contributed by atoms with Gasteiger partial charge in [-0.3, -0.25) is 4.79 Å². The molecule has 1 aromatic rings. The summed E-state index contributed by atoms with van der Waals surface area (Å²) in [6.45, 7) is 1.32. The van der Waals surface area contributed by atoms with Crippen LogP contribution < -0.4 is 0 Å². The van der Waals surface area contributed by atoms with Crippen molar-refractivity contribution in [2.75, 3.05) is 6.61 Å². The topological polar surface area (TPSA) is 134 Å². The number of Topliss-reactive ketones (excluding diaryl/α,β-unsaturated/α-hetero) is 1. The Kier molecular flexibility index (Phi) is 7.24. The summed E-state index contributed by atoms with van der Waals surface area (Å²) in [5, 5.41) is 38.6. The highest BCUT2D eigenvalue weighted by molar-refractivity contribution is 6.06. The molecule has 1 saturated heterocycles. The zero-order chi connectivity index (χ0) is 19.3. The van der Waals surface area contributed by atoms with Crippen LogP contribution in [-0.2, 0) is 9.47 Å². The average Bonchev–Trinajstić information content (AvgIpc) is 2.66. The number of ether oxygens (including phenoxy) is 2. The minimum Gasteiger partial charge on any atom is -0.429 e. The predicted molar refractivity (Wildman–Crippen MR) is 89.5 cm³/mol. The molecule has 0 spiro atoms. The number of esters is 1. The van der Waals surface area contributed by atoms with Gasteiger partial charge in [0.1, 0.15) is 24.4 Å². The number of rotatable bonds is 7. The maximum Gasteiger partial charge on any atom is 0.341 e. The fraction of sp³-hybridized carbons (Fsp3) is 0.556. The molecule has 0 bridgehead atoms. The van der Waals surface area contributed by atoms with Crippen molar-refractivity contribution in [1.29, 1.82) is 0 Å². The van der Waals surface area contributed by atoms with Crippen molar-refractivity contribution < 1.29 is 39.5 Å². The highest BCUT2D eigenvalue weighted by atomic mass is 16.7. The number of hydrogen-bond acceptors (Lipinski definition) is 8. The monoisotopic (exact) mass is 368 g/mol. The van der Waals surface area contributed by atoms with Gasteiger partial charge in [0.15, 0.2) is 5.78 Å². The SMILES string of the molecule is CCCCC(=O)c1ccccc1C(=O)O[C@@H]1O[C@H](CO)[C@@H](O)[C@H](O)[C@H]1O. The van der Waals surface area contributed by atoms with Crippen molar-refractivity contribution in [1.82, 2.24) is 0 Å². The van der Waals surface area contributed by atoms with E-state index in [0.717, 1.165) is 6.42 Å². The van der Waals surface area contributed by atoms with Crippen LogP contribution in [0, 0.1) is 0 Å². The predicted octanol–water partition coefficient (Wildman–Crippen LogP) is 0.0162. The highest BCUT2D eigenvalue weighted by Crippen LogP contribution is 2.24. The van der Waals surface area contributed by atoms with Gasteiger partial charge >= 0.3 is 5.97 Å². The standard InChI is InChI=1S/C18H24O8/c1-2-3-8-12(20)10-6-4-5-7-11(10)17(24)26-18-16(23)15(22)14(21)13(9-19)25-18/h4-7,13-16,18-19,21-23H,2-3,8-9H2,1H3/t13-,14-,15+,16-,18+/m1/s1. The van der Waals surface area contributed by atoms with Crippen LogP contribution in [0.4, 0.5) is 0 Å². The fourth-order valence-corrected chi connectivity index (χ4v) is 2.71. The Morgan fingerprint density at radius 3 is 2.35 bits per heavy atom. The van der Waals surface area contributed by atoms with E-state index in [2.05, 4.69) is 0 Å². The van der Waals surface area contributed by atoms with E-state index in [1.807, 2.05) is 6.92 Å². The summed E-state index contributed by atoms with van der Waals surface area (Å²) in [7, 11) is 0. The van der Waals surface area contributed by atoms with Gasteiger partial charge in [0.2, 0.25) is 6.29 Å². The molecule has 144 valence electrons. The largest absolute Gasteiger partial charge is 0.429 e. The van der Waals surface area contributed by atoms with Gasteiger partial charge in [0, 0.05) is 12.0 Å². The Labute approximate surface area is 151 Å². The van der Waals surface area contributed by atoms with E-state index in [1.165, 1.54) is 12.1 Å². The van der Waals surface area contributed by atoms with Gasteiger partial charge in [-0.05, 0) is 12.5 Å². The molecular weight excluding hydrogens is 344 g/mol. The number of aliphatic hydroxyl groups excluding tert-OH is 4. The van der Waals surface area contributed by atoms with Crippen LogP contribution >= 0.6 is 0 Å². The third-order valence-electron chi connectivity index (χ3n) is 4.28. The molecule has 0 aliphatic carbocycles. The van der Waals surface area contributed by atoms with Crippen LogP contribution in [-0.4, -0.2) is 69.5 Å². The van der Waals surface area contributed by atoms with Crippen molar-refractivity contribution in [3.05, 3.63) is 35.4 Å². The van der Waals surface area contributed by atoms with Crippen LogP contribution in [0.1, 0.15) is 46.9 Å². The van der Waals surface area contributed by atoms with Crippen molar-refractivity contribution >= 4 is 11.8 Å². The van der Waals surface area contributed by atoms with Gasteiger partial charge in [-0.15, -0.1) is 0 Å². The molecule has 4 N–H and O–H groups in total. The van der Waals surface area contributed by atoms with Gasteiger partial charge < -0.3 is 29.9 Å². The molecule has 26 heavy (non-hydrogen) atoms. The summed E-state index contributed by atoms with van der Waals surface area (Å²) < 4.78 is 10.2. The molecule has 0 saturated carbocycles. The van der Waals surface area contributed by atoms with Crippen LogP contribution in [0.2, 0.25) is 0 Å². The maximum atomic E-state index is 12.5. The van der Waals surface area contributed by atoms with Crippen LogP contribution in [0.5, 0.6) is 0 Å². The van der Waals surface area contributed by atoms with Crippen molar-refractivity contribution in [3.63, 3.8) is 0 Å². The van der Waals surface area contributed by atoms with Gasteiger partial charge in [0.05, 0.1) is 12.2 Å². The summed E-state index contributed by atoms with van der Waals surface area (Å²) in [6.07, 6.45) is -5.85. The Morgan fingerprint density at radius 2 is 1.73 bits per heavy atom. The number of carbonyl (C=O) groups excluding carboxylic acids is 2. The van der Waals surface area contributed by atoms with Crippen molar-refractivity contribution in [2.45, 2.75) is 56.9 Å². The molecule has 2 rings (SSSR count). The molecule has 1 aliphatic rings. The van der Waals surface area contributed by atoms with Crippen LogP contribution in [0.25, 0.3) is 0 Å². The summed E-state index contributed by atoms with van der Waals surface area (Å²) in [5.74, 6) is -1.11. The molecule has 1 fully saturated rings. The lowest BCUT2D eigenvalue weighted by molar-refractivity contribution is -0.285. The summed E-state index contributed by atoms with van der Waals surface area (Å²) in [5.41, 5.74) is 0.223. The van der Waals surface area contributed by atoms with Gasteiger partial charge in [0.25, 0.3) is 0 Å². The van der Waals surface area contributed by atoms with E-state index in [1.54, 1.807) is 12.1 Å². The Morgan fingerprint density at radius 1 is 1.08 bits per heavy atom. The number of ketones is 1. The summed E-state index contributed by atoms with van der Waals surface area (Å²) >= 11 is 0. The quantitative estimate of drug-likeness (QED) is 0.391. The van der Waals surface area contributed by atoms with E-state index < -0.39 is 43.3 Å². The number of unbranched alkanes of at least 4 members (excludes halogenated alkanes) is 1. The second-order valence-corrected chi connectivity index (χ2v) is 6.17. The molecule has 8 heteroatoms. The first-order valence-corrected chi connectivity index (χ1v) is 8.54. The lowest BCUT2D eigenvalue weighted by Gasteiger charge is -2.39. The van der Waals surface area contributed by atoms with Gasteiger partial charge in [-0.25, -0.2) is 4.79 Å². The van der Waals surface area contributed by atoms with Crippen molar-refractivity contribution in [3.8, 4) is 0 Å². The number of hydrogen-bond donors (Lipinski definition) is 4. The van der Waals surface area contributed by atoms with Crippen LogP contribution in [0.15, 0.2) is 24.3 Å². The molecule has 0 radical (unpaired) electrons. The molecule has 5 atom stereocenters. The van der Waals surface area contributed by atoms with E-state index in [9.17, 15) is 30.0 Å². The minimum absolute atomic E-state index is 0.0190. The molecular formula is C18H24O8. The lowest BCUT2D eigenvalue weighted by atomic mass is 9.99. The van der Waals surface area contributed by atoms with E-state index >= 15 is 0 Å². The normalized spacial score (nSPS) is 28.6. The molecule has 0 amide bonds. The van der Waals surface area contributed by atoms with Crippen molar-refractivity contribution in [2.24, 2.45) is 0 Å². The molecule has 0 aromatic heterocycles. The van der Waals surface area contributed by atoms with E-state index in [-0.39, 0.29) is 16.9 Å². The van der Waals surface area contributed by atoms with Gasteiger partial charge in [-0.1, -0.05) is 31.5 Å². The van der Waals surface area contributed by atoms with Gasteiger partial charge in [-0.2, -0.15) is 0 Å². The molecule has 1 aromatic carbocycles. The first-order chi connectivity index (χ1) is 12.4. The zero-order valence-electron chi connectivity index (χ0n) is 14.4. The Balaban J connectivity index is 2.16. The number of benzene rings is 1.